The Hall–Kier alpha value is -3.74. The third-order valence-corrected chi connectivity index (χ3v) is 4.91. The van der Waals surface area contributed by atoms with Crippen LogP contribution < -0.4 is 0 Å². The normalized spacial score (nSPS) is 10.6. The van der Waals surface area contributed by atoms with Crippen molar-refractivity contribution >= 4 is 17.4 Å². The molecule has 3 aromatic rings. The summed E-state index contributed by atoms with van der Waals surface area (Å²) in [5, 5.41) is 11.1. The second kappa shape index (κ2) is 8.73. The fourth-order valence-electron chi connectivity index (χ4n) is 3.40. The Labute approximate surface area is 174 Å². The van der Waals surface area contributed by atoms with Crippen LogP contribution in [0.3, 0.4) is 0 Å². The standard InChI is InChI=1S/C23H22N2O5/c1-15-8-10-19(11-9-15)24-16(2)12-20(17(24)3)22(26)14-30-23(27)13-18-6-4-5-7-21(18)25(28)29/h4-12H,13-14H2,1-3H3. The van der Waals surface area contributed by atoms with E-state index in [1.807, 2.05) is 49.6 Å². The molecule has 0 spiro atoms. The number of carbonyl (C=O) groups excluding carboxylic acids is 2. The largest absolute Gasteiger partial charge is 0.457 e. The minimum Gasteiger partial charge on any atom is -0.457 e. The van der Waals surface area contributed by atoms with Crippen molar-refractivity contribution in [2.45, 2.75) is 27.2 Å². The van der Waals surface area contributed by atoms with E-state index in [-0.39, 0.29) is 23.5 Å². The molecule has 0 aliphatic rings. The lowest BCUT2D eigenvalue weighted by Crippen LogP contribution is -2.16. The highest BCUT2D eigenvalue weighted by molar-refractivity contribution is 5.99. The average molecular weight is 406 g/mol. The topological polar surface area (TPSA) is 91.4 Å². The molecule has 7 nitrogen and oxygen atoms in total. The highest BCUT2D eigenvalue weighted by Gasteiger charge is 2.20. The van der Waals surface area contributed by atoms with Gasteiger partial charge in [-0.1, -0.05) is 35.9 Å². The van der Waals surface area contributed by atoms with Crippen molar-refractivity contribution in [3.05, 3.63) is 92.8 Å². The van der Waals surface area contributed by atoms with Gasteiger partial charge in [-0.15, -0.1) is 0 Å². The van der Waals surface area contributed by atoms with Gasteiger partial charge in [0.25, 0.3) is 5.69 Å². The number of aryl methyl sites for hydroxylation is 2. The molecule has 0 fully saturated rings. The molecule has 30 heavy (non-hydrogen) atoms. The zero-order valence-electron chi connectivity index (χ0n) is 17.0. The summed E-state index contributed by atoms with van der Waals surface area (Å²) in [4.78, 5) is 35.3. The third-order valence-electron chi connectivity index (χ3n) is 4.91. The number of carbonyl (C=O) groups is 2. The Balaban J connectivity index is 1.70. The average Bonchev–Trinajstić information content (AvgIpc) is 3.01. The molecule has 0 amide bonds. The van der Waals surface area contributed by atoms with Crippen molar-refractivity contribution < 1.29 is 19.2 Å². The van der Waals surface area contributed by atoms with Crippen LogP contribution >= 0.6 is 0 Å². The number of nitro groups is 1. The van der Waals surface area contributed by atoms with E-state index in [0.717, 1.165) is 22.6 Å². The van der Waals surface area contributed by atoms with Gasteiger partial charge in [-0.25, -0.2) is 0 Å². The van der Waals surface area contributed by atoms with E-state index < -0.39 is 17.5 Å². The first kappa shape index (κ1) is 21.0. The predicted octanol–water partition coefficient (Wildman–Crippen LogP) is 4.28. The maximum absolute atomic E-state index is 12.6. The number of esters is 1. The number of hydrogen-bond donors (Lipinski definition) is 0. The molecule has 0 bridgehead atoms. The van der Waals surface area contributed by atoms with Gasteiger partial charge in [0.15, 0.2) is 6.61 Å². The monoisotopic (exact) mass is 406 g/mol. The van der Waals surface area contributed by atoms with Gasteiger partial charge >= 0.3 is 5.97 Å². The van der Waals surface area contributed by atoms with Crippen LogP contribution in [0.2, 0.25) is 0 Å². The van der Waals surface area contributed by atoms with Crippen LogP contribution in [-0.2, 0) is 16.0 Å². The predicted molar refractivity (Wildman–Crippen MR) is 112 cm³/mol. The summed E-state index contributed by atoms with van der Waals surface area (Å²) in [7, 11) is 0. The van der Waals surface area contributed by atoms with E-state index in [0.29, 0.717) is 5.56 Å². The smallest absolute Gasteiger partial charge is 0.310 e. The lowest BCUT2D eigenvalue weighted by molar-refractivity contribution is -0.385. The summed E-state index contributed by atoms with van der Waals surface area (Å²) in [5.41, 5.74) is 4.32. The molecule has 1 aromatic heterocycles. The Kier molecular flexibility index (Phi) is 6.11. The molecule has 0 atom stereocenters. The molecule has 0 aliphatic carbocycles. The molecule has 0 saturated heterocycles. The summed E-state index contributed by atoms with van der Waals surface area (Å²) in [5.74, 6) is -1.01. The molecule has 0 radical (unpaired) electrons. The van der Waals surface area contributed by atoms with Gasteiger partial charge in [-0.05, 0) is 39.0 Å². The van der Waals surface area contributed by atoms with Crippen LogP contribution in [0.25, 0.3) is 5.69 Å². The first-order chi connectivity index (χ1) is 14.3. The van der Waals surface area contributed by atoms with Crippen molar-refractivity contribution in [3.8, 4) is 5.69 Å². The number of Topliss-reactive ketones (excluding diaryl/α,β-unsaturated/α-hetero) is 1. The molecule has 0 aliphatic heterocycles. The number of para-hydroxylation sites is 1. The Morgan fingerprint density at radius 2 is 1.70 bits per heavy atom. The Morgan fingerprint density at radius 1 is 1.03 bits per heavy atom. The number of hydrogen-bond acceptors (Lipinski definition) is 5. The Morgan fingerprint density at radius 3 is 2.37 bits per heavy atom. The fraction of sp³-hybridized carbons (Fsp3) is 0.217. The molecule has 1 heterocycles. The molecular weight excluding hydrogens is 384 g/mol. The third kappa shape index (κ3) is 4.46. The van der Waals surface area contributed by atoms with Crippen molar-refractivity contribution in [3.63, 3.8) is 0 Å². The minimum atomic E-state index is -0.690. The van der Waals surface area contributed by atoms with Crippen LogP contribution in [0.1, 0.15) is 32.9 Å². The molecule has 0 unspecified atom stereocenters. The van der Waals surface area contributed by atoms with E-state index in [2.05, 4.69) is 0 Å². The second-order valence-electron chi connectivity index (χ2n) is 7.10. The number of ether oxygens (including phenoxy) is 1. The van der Waals surface area contributed by atoms with Crippen LogP contribution in [0.15, 0.2) is 54.6 Å². The molecule has 7 heteroatoms. The number of benzene rings is 2. The summed E-state index contributed by atoms with van der Waals surface area (Å²) in [6, 6.07) is 15.7. The highest BCUT2D eigenvalue weighted by Crippen LogP contribution is 2.22. The summed E-state index contributed by atoms with van der Waals surface area (Å²) < 4.78 is 7.08. The SMILES string of the molecule is Cc1ccc(-n2c(C)cc(C(=O)COC(=O)Cc3ccccc3[N+](=O)[O-])c2C)cc1. The van der Waals surface area contributed by atoms with Gasteiger partial charge in [0, 0.05) is 34.3 Å². The summed E-state index contributed by atoms with van der Waals surface area (Å²) in [6.45, 7) is 5.34. The van der Waals surface area contributed by atoms with Crippen molar-refractivity contribution in [2.24, 2.45) is 0 Å². The van der Waals surface area contributed by atoms with Crippen molar-refractivity contribution in [2.75, 3.05) is 6.61 Å². The van der Waals surface area contributed by atoms with Gasteiger partial charge < -0.3 is 9.30 Å². The van der Waals surface area contributed by atoms with Gasteiger partial charge in [-0.3, -0.25) is 19.7 Å². The summed E-state index contributed by atoms with van der Waals surface area (Å²) >= 11 is 0. The zero-order chi connectivity index (χ0) is 21.8. The van der Waals surface area contributed by atoms with E-state index in [1.54, 1.807) is 12.1 Å². The number of aromatic nitrogens is 1. The first-order valence-electron chi connectivity index (χ1n) is 9.45. The van der Waals surface area contributed by atoms with Crippen molar-refractivity contribution in [1.29, 1.82) is 0 Å². The molecule has 3 rings (SSSR count). The van der Waals surface area contributed by atoms with Crippen LogP contribution in [0, 0.1) is 30.9 Å². The number of nitrogens with zero attached hydrogens (tertiary/aromatic N) is 2. The van der Waals surface area contributed by atoms with E-state index >= 15 is 0 Å². The highest BCUT2D eigenvalue weighted by atomic mass is 16.6. The molecule has 2 aromatic carbocycles. The molecule has 0 saturated carbocycles. The first-order valence-corrected chi connectivity index (χ1v) is 9.45. The number of nitro benzene ring substituents is 1. The molecule has 154 valence electrons. The summed E-state index contributed by atoms with van der Waals surface area (Å²) in [6.07, 6.45) is -0.271. The number of rotatable bonds is 7. The maximum atomic E-state index is 12.6. The van der Waals surface area contributed by atoms with Gasteiger partial charge in [-0.2, -0.15) is 0 Å². The molecular formula is C23H22N2O5. The van der Waals surface area contributed by atoms with Gasteiger partial charge in [0.05, 0.1) is 11.3 Å². The minimum absolute atomic E-state index is 0.151. The van der Waals surface area contributed by atoms with Crippen molar-refractivity contribution in [1.82, 2.24) is 4.57 Å². The zero-order valence-corrected chi connectivity index (χ0v) is 17.0. The van der Waals surface area contributed by atoms with Gasteiger partial charge in [0.2, 0.25) is 5.78 Å². The quantitative estimate of drug-likeness (QED) is 0.253. The van der Waals surface area contributed by atoms with Gasteiger partial charge in [0.1, 0.15) is 0 Å². The number of ketones is 1. The van der Waals surface area contributed by atoms with E-state index in [4.69, 9.17) is 4.74 Å². The maximum Gasteiger partial charge on any atom is 0.310 e. The van der Waals surface area contributed by atoms with E-state index in [1.165, 1.54) is 18.2 Å². The Bertz CT molecular complexity index is 1110. The molecule has 0 N–H and O–H groups in total. The fourth-order valence-corrected chi connectivity index (χ4v) is 3.40. The van der Waals surface area contributed by atoms with E-state index in [9.17, 15) is 19.7 Å². The van der Waals surface area contributed by atoms with Crippen LogP contribution in [0.5, 0.6) is 0 Å². The lowest BCUT2D eigenvalue weighted by atomic mass is 10.1. The lowest BCUT2D eigenvalue weighted by Gasteiger charge is -2.10. The van der Waals surface area contributed by atoms with Crippen LogP contribution in [0.4, 0.5) is 5.69 Å². The van der Waals surface area contributed by atoms with Crippen LogP contribution in [-0.4, -0.2) is 27.8 Å². The second-order valence-corrected chi connectivity index (χ2v) is 7.10.